The number of rotatable bonds is 6. The lowest BCUT2D eigenvalue weighted by Gasteiger charge is -2.44. The second-order valence-corrected chi connectivity index (χ2v) is 20.0. The molecule has 0 saturated heterocycles. The van der Waals surface area contributed by atoms with E-state index in [2.05, 4.69) is 169 Å². The number of thioether (sulfide) groups is 1. The lowest BCUT2D eigenvalue weighted by Crippen LogP contribution is -2.47. The van der Waals surface area contributed by atoms with Gasteiger partial charge in [-0.2, -0.15) is 0 Å². The van der Waals surface area contributed by atoms with Gasteiger partial charge in [0.1, 0.15) is 0 Å². The van der Waals surface area contributed by atoms with Crippen molar-refractivity contribution in [2.75, 3.05) is 0 Å². The largest absolute Gasteiger partial charge is 0.357 e. The van der Waals surface area contributed by atoms with Crippen molar-refractivity contribution in [2.45, 2.75) is 81.5 Å². The Hall–Kier alpha value is -4.83. The molecule has 0 bridgehead atoms. The number of fused-ring (bicyclic) bond motifs is 8. The summed E-state index contributed by atoms with van der Waals surface area (Å²) >= 11 is 4.12. The minimum Gasteiger partial charge on any atom is -0.357 e. The maximum atomic E-state index is 2.84. The van der Waals surface area contributed by atoms with Crippen LogP contribution in [0.4, 0.5) is 0 Å². The van der Waals surface area contributed by atoms with Crippen LogP contribution in [0.2, 0.25) is 0 Å². The highest BCUT2D eigenvalue weighted by Gasteiger charge is 2.42. The molecule has 0 amide bonds. The van der Waals surface area contributed by atoms with E-state index in [1.807, 2.05) is 11.3 Å². The quantitative estimate of drug-likeness (QED) is 0.244. The van der Waals surface area contributed by atoms with Crippen LogP contribution in [0.3, 0.4) is 0 Å². The van der Waals surface area contributed by atoms with Crippen molar-refractivity contribution in [3.63, 3.8) is 0 Å². The van der Waals surface area contributed by atoms with Gasteiger partial charge in [0.15, 0.2) is 0 Å². The van der Waals surface area contributed by atoms with Gasteiger partial charge in [-0.25, -0.2) is 0 Å². The minimum absolute atomic E-state index is 0.263. The molecule has 0 saturated carbocycles. The molecule has 0 spiro atoms. The third-order valence-corrected chi connectivity index (χ3v) is 17.0. The highest BCUT2D eigenvalue weighted by atomic mass is 32.2. The fraction of sp³-hybridized carbons (Fsp3) is 0.286. The molecule has 8 aliphatic carbocycles. The SMILES string of the molecule is C1=C[C@@H](N(C2=CC(C3C=c4sc5ccccc5c4=CC3)CC=C2)C2C=CC(C3C=c4ccc5c(c4=CC3)C=CCC5)=CC2)[C@H]2SC3=C(CCC=C3C3=CCCC=C3)C2=C1. The molecule has 0 fully saturated rings. The van der Waals surface area contributed by atoms with Crippen LogP contribution in [0.5, 0.6) is 0 Å². The van der Waals surface area contributed by atoms with Crippen LogP contribution in [0.25, 0.3) is 40.5 Å². The van der Waals surface area contributed by atoms with E-state index in [0.29, 0.717) is 23.0 Å². The number of aryl methyl sites for hydroxylation is 1. The van der Waals surface area contributed by atoms with Gasteiger partial charge in [-0.1, -0.05) is 140 Å². The van der Waals surface area contributed by atoms with Gasteiger partial charge < -0.3 is 4.90 Å². The Labute approximate surface area is 357 Å². The van der Waals surface area contributed by atoms with Crippen molar-refractivity contribution in [2.24, 2.45) is 17.8 Å². The number of hydrogen-bond acceptors (Lipinski definition) is 3. The van der Waals surface area contributed by atoms with E-state index >= 15 is 0 Å². The smallest absolute Gasteiger partial charge is 0.0645 e. The van der Waals surface area contributed by atoms with E-state index < -0.39 is 0 Å². The molecule has 1 aliphatic heterocycles. The van der Waals surface area contributed by atoms with Crippen LogP contribution in [0.1, 0.15) is 68.9 Å². The van der Waals surface area contributed by atoms with Gasteiger partial charge in [-0.3, -0.25) is 0 Å². The Morgan fingerprint density at radius 3 is 2.54 bits per heavy atom. The molecule has 292 valence electrons. The molecule has 9 aliphatic rings. The first-order valence-electron chi connectivity index (χ1n) is 22.3. The van der Waals surface area contributed by atoms with Gasteiger partial charge >= 0.3 is 0 Å². The maximum Gasteiger partial charge on any atom is 0.0645 e. The van der Waals surface area contributed by atoms with Gasteiger partial charge in [0.05, 0.1) is 17.3 Å². The van der Waals surface area contributed by atoms with Gasteiger partial charge in [0.25, 0.3) is 0 Å². The summed E-state index contributed by atoms with van der Waals surface area (Å²) in [6, 6.07) is 14.3. The molecule has 2 heterocycles. The lowest BCUT2D eigenvalue weighted by atomic mass is 9.81. The van der Waals surface area contributed by atoms with Gasteiger partial charge in [-0.15, -0.1) is 23.1 Å². The summed E-state index contributed by atoms with van der Waals surface area (Å²) in [4.78, 5) is 4.39. The molecule has 3 aromatic rings. The first-order chi connectivity index (χ1) is 29.2. The predicted octanol–water partition coefficient (Wildman–Crippen LogP) is 11.0. The van der Waals surface area contributed by atoms with Crippen molar-refractivity contribution >= 4 is 63.6 Å². The molecule has 1 aromatic heterocycles. The van der Waals surface area contributed by atoms with Crippen LogP contribution in [0.15, 0.2) is 160 Å². The third-order valence-electron chi connectivity index (χ3n) is 14.4. The summed E-state index contributed by atoms with van der Waals surface area (Å²) in [5.74, 6) is 1.40. The molecule has 3 heteroatoms. The van der Waals surface area contributed by atoms with E-state index in [9.17, 15) is 0 Å². The number of benzene rings is 2. The predicted molar refractivity (Wildman–Crippen MR) is 254 cm³/mol. The van der Waals surface area contributed by atoms with Crippen LogP contribution in [-0.2, 0) is 6.42 Å². The van der Waals surface area contributed by atoms with Gasteiger partial charge in [0, 0.05) is 25.8 Å². The molecule has 1 nitrogen and oxygen atoms in total. The zero-order valence-corrected chi connectivity index (χ0v) is 35.4. The maximum absolute atomic E-state index is 2.84. The topological polar surface area (TPSA) is 3.24 Å². The number of allylic oxidation sites excluding steroid dienone is 15. The molecule has 2 aromatic carbocycles. The normalized spacial score (nSPS) is 28.6. The van der Waals surface area contributed by atoms with Crippen molar-refractivity contribution in [1.29, 1.82) is 0 Å². The van der Waals surface area contributed by atoms with E-state index in [-0.39, 0.29) is 12.1 Å². The fourth-order valence-electron chi connectivity index (χ4n) is 11.4. The minimum atomic E-state index is 0.263. The molecule has 59 heavy (non-hydrogen) atoms. The summed E-state index contributed by atoms with van der Waals surface area (Å²) in [5.41, 5.74) is 11.9. The Bertz CT molecular complexity index is 2910. The first kappa shape index (κ1) is 36.1. The molecule has 0 radical (unpaired) electrons. The van der Waals surface area contributed by atoms with Crippen LogP contribution in [0, 0.1) is 17.8 Å². The number of nitrogens with zero attached hydrogens (tertiary/aromatic N) is 1. The summed E-state index contributed by atoms with van der Waals surface area (Å²) in [7, 11) is 0. The van der Waals surface area contributed by atoms with Crippen LogP contribution < -0.4 is 20.2 Å². The van der Waals surface area contributed by atoms with Crippen molar-refractivity contribution < 1.29 is 0 Å². The molecular formula is C56H51NS2. The Balaban J connectivity index is 0.879. The standard InChI is InChI=1S/C56H51NS2/c1-2-11-37(12-3-1)47-18-9-19-50-51-20-10-21-52(56(51)59-55(47)50)57(44-15-8-14-39(34-44)41-28-32-49-48-17-6-7-22-53(48)58-54(49)35-41)43-29-25-36(26-30-43)40-27-31-46-42(33-40)24-23-38-13-4-5-16-45(38)46/h2,5-8,10-12,15-18,20-26,29,31-35,39-41,43,52,56H,1,3-4,9,13-14,19,27-28,30H2/t39?,40?,41?,43?,52-,56+/m1/s1. The van der Waals surface area contributed by atoms with E-state index in [1.54, 1.807) is 16.1 Å². The van der Waals surface area contributed by atoms with Crippen LogP contribution >= 0.6 is 23.1 Å². The summed E-state index contributed by atoms with van der Waals surface area (Å²) in [5, 5.41) is 6.10. The zero-order chi connectivity index (χ0) is 38.9. The Morgan fingerprint density at radius 2 is 1.61 bits per heavy atom. The first-order valence-corrected chi connectivity index (χ1v) is 24.0. The second kappa shape index (κ2) is 15.0. The number of thiophene rings is 1. The van der Waals surface area contributed by atoms with Crippen molar-refractivity contribution in [1.82, 2.24) is 4.90 Å². The average molecular weight is 802 g/mol. The van der Waals surface area contributed by atoms with Gasteiger partial charge in [0.2, 0.25) is 0 Å². The fourth-order valence-corrected chi connectivity index (χ4v) is 14.3. The summed E-state index contributed by atoms with van der Waals surface area (Å²) in [6.45, 7) is 0. The molecule has 4 unspecified atom stereocenters. The monoisotopic (exact) mass is 801 g/mol. The van der Waals surface area contributed by atoms with Crippen molar-refractivity contribution in [3.8, 4) is 0 Å². The third kappa shape index (κ3) is 6.34. The Kier molecular flexibility index (Phi) is 9.18. The molecular weight excluding hydrogens is 751 g/mol. The highest BCUT2D eigenvalue weighted by molar-refractivity contribution is 8.04. The second-order valence-electron chi connectivity index (χ2n) is 17.7. The average Bonchev–Trinajstić information content (AvgIpc) is 3.88. The van der Waals surface area contributed by atoms with E-state index in [1.165, 1.54) is 63.8 Å². The highest BCUT2D eigenvalue weighted by Crippen LogP contribution is 2.54. The van der Waals surface area contributed by atoms with E-state index in [0.717, 1.165) is 64.2 Å². The summed E-state index contributed by atoms with van der Waals surface area (Å²) in [6.07, 6.45) is 58.6. The van der Waals surface area contributed by atoms with Crippen molar-refractivity contribution in [3.05, 3.63) is 191 Å². The zero-order valence-electron chi connectivity index (χ0n) is 33.7. The van der Waals surface area contributed by atoms with E-state index in [4.69, 9.17) is 0 Å². The number of hydrogen-bond donors (Lipinski definition) is 0. The van der Waals surface area contributed by atoms with Gasteiger partial charge in [-0.05, 0) is 148 Å². The Morgan fingerprint density at radius 1 is 0.678 bits per heavy atom. The molecule has 12 rings (SSSR count). The molecule has 6 atom stereocenters. The summed E-state index contributed by atoms with van der Waals surface area (Å²) < 4.78 is 2.87. The lowest BCUT2D eigenvalue weighted by molar-refractivity contribution is 0.249. The molecule has 0 N–H and O–H groups in total. The van der Waals surface area contributed by atoms with Crippen LogP contribution in [-0.4, -0.2) is 22.2 Å².